The summed E-state index contributed by atoms with van der Waals surface area (Å²) >= 11 is 6.61. The molecule has 4 aromatic rings. The number of ketones is 2. The minimum Gasteiger partial charge on any atom is -0.397 e. The third-order valence-corrected chi connectivity index (χ3v) is 10.4. The second-order valence-electron chi connectivity index (χ2n) is 9.40. The number of nitrogens with one attached hydrogen (secondary N) is 2. The topological polar surface area (TPSA) is 161 Å². The highest BCUT2D eigenvalue weighted by molar-refractivity contribution is 9.11. The highest BCUT2D eigenvalue weighted by Crippen LogP contribution is 2.45. The van der Waals surface area contributed by atoms with Crippen molar-refractivity contribution in [3.8, 4) is 0 Å². The van der Waals surface area contributed by atoms with Crippen molar-refractivity contribution in [1.29, 1.82) is 0 Å². The lowest BCUT2D eigenvalue weighted by molar-refractivity contribution is 0.0981. The third kappa shape index (κ3) is 5.18. The van der Waals surface area contributed by atoms with Crippen LogP contribution in [0.25, 0.3) is 0 Å². The van der Waals surface area contributed by atoms with Gasteiger partial charge in [0.25, 0.3) is 10.0 Å². The van der Waals surface area contributed by atoms with Crippen LogP contribution >= 0.6 is 31.9 Å². The van der Waals surface area contributed by atoms with Gasteiger partial charge < -0.3 is 16.2 Å². The number of fused-ring (bicyclic) bond motifs is 2. The Morgan fingerprint density at radius 2 is 1.15 bits per heavy atom. The number of carbonyl (C=O) groups excluding carboxylic acids is 2. The molecule has 0 heterocycles. The summed E-state index contributed by atoms with van der Waals surface area (Å²) in [6.45, 7) is 3.71. The molecule has 1 atom stereocenters. The van der Waals surface area contributed by atoms with Gasteiger partial charge >= 0.3 is 0 Å². The quantitative estimate of drug-likeness (QED) is 0.164. The zero-order chi connectivity index (χ0) is 29.8. The van der Waals surface area contributed by atoms with Crippen molar-refractivity contribution in [1.82, 2.24) is 0 Å². The third-order valence-electron chi connectivity index (χ3n) is 6.56. The molecule has 0 radical (unpaired) electrons. The number of carbonyl (C=O) groups is 2. The molecule has 0 saturated carbocycles. The lowest BCUT2D eigenvalue weighted by Crippen LogP contribution is -2.28. The molecule has 0 bridgehead atoms. The summed E-state index contributed by atoms with van der Waals surface area (Å²) in [6, 6.07) is 15.9. The fourth-order valence-electron chi connectivity index (χ4n) is 4.43. The number of nitrogen functional groups attached to an aromatic ring is 2. The van der Waals surface area contributed by atoms with E-state index in [0.29, 0.717) is 4.90 Å². The van der Waals surface area contributed by atoms with E-state index in [2.05, 4.69) is 41.3 Å². The van der Waals surface area contributed by atoms with Crippen LogP contribution in [0.2, 0.25) is 0 Å². The summed E-state index contributed by atoms with van der Waals surface area (Å²) in [4.78, 5) is 28.5. The molecule has 0 aliphatic heterocycles. The van der Waals surface area contributed by atoms with Crippen molar-refractivity contribution in [2.24, 2.45) is 0 Å². The second-order valence-corrected chi connectivity index (χ2v) is 14.0. The number of hydrogen-bond acceptors (Lipinski definition) is 7. The average molecular weight is 718 g/mol. The first-order chi connectivity index (χ1) is 19.3. The first-order valence-electron chi connectivity index (χ1n) is 12.0. The molecular formula is C28H22Br2N4O5S2. The van der Waals surface area contributed by atoms with Crippen molar-refractivity contribution in [2.45, 2.75) is 23.6 Å². The van der Waals surface area contributed by atoms with Crippen LogP contribution in [0.1, 0.15) is 43.0 Å². The Kier molecular flexibility index (Phi) is 7.57. The minimum absolute atomic E-state index is 0.0168. The Hall–Kier alpha value is -3.52. The van der Waals surface area contributed by atoms with Crippen LogP contribution < -0.4 is 20.9 Å². The molecule has 41 heavy (non-hydrogen) atoms. The largest absolute Gasteiger partial charge is 0.397 e. The van der Waals surface area contributed by atoms with E-state index in [4.69, 9.17) is 11.5 Å². The molecule has 210 valence electrons. The van der Waals surface area contributed by atoms with Gasteiger partial charge in [0.05, 0.1) is 54.8 Å². The van der Waals surface area contributed by atoms with Gasteiger partial charge in [-0.25, -0.2) is 12.6 Å². The maximum atomic E-state index is 14.2. The molecule has 13 heteroatoms. The predicted octanol–water partition coefficient (Wildman–Crippen LogP) is 5.70. The molecule has 6 N–H and O–H groups in total. The summed E-state index contributed by atoms with van der Waals surface area (Å²) in [7, 11) is -5.98. The van der Waals surface area contributed by atoms with Gasteiger partial charge in [0.1, 0.15) is 11.0 Å². The van der Waals surface area contributed by atoms with E-state index in [9.17, 15) is 22.2 Å². The van der Waals surface area contributed by atoms with Gasteiger partial charge in [-0.05, 0) is 82.1 Å². The molecule has 1 aliphatic carbocycles. The predicted molar refractivity (Wildman–Crippen MR) is 167 cm³/mol. The summed E-state index contributed by atoms with van der Waals surface area (Å²) < 4.78 is 45.5. The lowest BCUT2D eigenvalue weighted by atomic mass is 9.81. The van der Waals surface area contributed by atoms with Crippen LogP contribution in [0.5, 0.6) is 0 Å². The maximum Gasteiger partial charge on any atom is 0.261 e. The van der Waals surface area contributed by atoms with Crippen LogP contribution in [0.4, 0.5) is 22.7 Å². The fourth-order valence-corrected chi connectivity index (χ4v) is 7.21. The average Bonchev–Trinajstić information content (AvgIpc) is 2.91. The molecule has 0 saturated heterocycles. The maximum absolute atomic E-state index is 14.2. The van der Waals surface area contributed by atoms with Crippen molar-refractivity contribution < 1.29 is 22.2 Å². The lowest BCUT2D eigenvalue weighted by Gasteiger charge is -2.26. The molecule has 5 rings (SSSR count). The molecule has 0 spiro atoms. The number of aryl methyl sites for hydroxylation is 2. The number of nitrogens with two attached hydrogens (primary N) is 2. The summed E-state index contributed by atoms with van der Waals surface area (Å²) in [5.41, 5.74) is 13.5. The normalized spacial score (nSPS) is 13.4. The van der Waals surface area contributed by atoms with Gasteiger partial charge in [0, 0.05) is 8.95 Å². The molecule has 1 unspecified atom stereocenters. The summed E-state index contributed by atoms with van der Waals surface area (Å²) in [6.07, 6.45) is 0. The number of anilines is 4. The molecule has 0 amide bonds. The summed E-state index contributed by atoms with van der Waals surface area (Å²) in [5.74, 6) is -1.41. The molecule has 0 fully saturated rings. The zero-order valence-electron chi connectivity index (χ0n) is 21.5. The first kappa shape index (κ1) is 29.0. The van der Waals surface area contributed by atoms with E-state index in [1.807, 2.05) is 13.8 Å². The van der Waals surface area contributed by atoms with E-state index >= 15 is 0 Å². The van der Waals surface area contributed by atoms with E-state index in [1.54, 1.807) is 36.4 Å². The molecule has 0 aromatic heterocycles. The van der Waals surface area contributed by atoms with Gasteiger partial charge in [-0.15, -0.1) is 0 Å². The van der Waals surface area contributed by atoms with E-state index in [0.717, 1.165) is 11.1 Å². The Morgan fingerprint density at radius 1 is 0.707 bits per heavy atom. The van der Waals surface area contributed by atoms with Gasteiger partial charge in [0.2, 0.25) is 0 Å². The Labute approximate surface area is 255 Å². The van der Waals surface area contributed by atoms with E-state index < -0.39 is 32.6 Å². The van der Waals surface area contributed by atoms with Crippen molar-refractivity contribution >= 4 is 87.2 Å². The van der Waals surface area contributed by atoms with Gasteiger partial charge in [-0.2, -0.15) is 0 Å². The summed E-state index contributed by atoms with van der Waals surface area (Å²) in [5, 5.41) is 0. The fraction of sp³-hybridized carbons (Fsp3) is 0.0714. The highest BCUT2D eigenvalue weighted by atomic mass is 79.9. The SMILES string of the molecule is Cc1ccc(S(=O)Nc2cc(Br)c(N)c3c2C(=O)c2c(NS(=O)(=O)c4ccc(C)cc4)cc(Br)c(N)c2C3=O)cc1. The zero-order valence-corrected chi connectivity index (χ0v) is 26.3. The number of rotatable bonds is 6. The van der Waals surface area contributed by atoms with Crippen LogP contribution in [-0.2, 0) is 21.0 Å². The van der Waals surface area contributed by atoms with Crippen LogP contribution in [-0.4, -0.2) is 24.2 Å². The molecule has 4 aromatic carbocycles. The van der Waals surface area contributed by atoms with Crippen molar-refractivity contribution in [3.05, 3.63) is 103 Å². The molecule has 1 aliphatic rings. The van der Waals surface area contributed by atoms with Crippen molar-refractivity contribution in [3.63, 3.8) is 0 Å². The van der Waals surface area contributed by atoms with Gasteiger partial charge in [0.15, 0.2) is 11.6 Å². The monoisotopic (exact) mass is 716 g/mol. The highest BCUT2D eigenvalue weighted by Gasteiger charge is 2.39. The number of sulfonamides is 1. The Bertz CT molecular complexity index is 1910. The van der Waals surface area contributed by atoms with Crippen LogP contribution in [0.3, 0.4) is 0 Å². The number of halogens is 2. The molecule has 9 nitrogen and oxygen atoms in total. The smallest absolute Gasteiger partial charge is 0.261 e. The second kappa shape index (κ2) is 10.7. The first-order valence-corrected chi connectivity index (χ1v) is 16.2. The Morgan fingerprint density at radius 3 is 1.68 bits per heavy atom. The van der Waals surface area contributed by atoms with Crippen molar-refractivity contribution in [2.75, 3.05) is 20.9 Å². The number of hydrogen-bond donors (Lipinski definition) is 4. The minimum atomic E-state index is -4.17. The van der Waals surface area contributed by atoms with Crippen LogP contribution in [0.15, 0.2) is 79.4 Å². The van der Waals surface area contributed by atoms with Crippen LogP contribution in [0, 0.1) is 13.8 Å². The van der Waals surface area contributed by atoms with Gasteiger partial charge in [-0.3, -0.25) is 14.3 Å². The molecular weight excluding hydrogens is 696 g/mol. The Balaban J connectivity index is 1.68. The standard InChI is InChI=1S/C28H22Br2N4O5S2/c1-13-3-7-15(8-4-13)40(37)33-19-11-17(29)25(31)23-21(19)27(35)22-20(12-18(30)26(32)24(22)28(23)36)34-41(38,39)16-9-5-14(2)6-10-16/h3-12,33-34H,31-32H2,1-2H3. The van der Waals surface area contributed by atoms with Gasteiger partial charge in [-0.1, -0.05) is 35.4 Å². The van der Waals surface area contributed by atoms with E-state index in [1.165, 1.54) is 24.3 Å². The number of benzene rings is 4. The van der Waals surface area contributed by atoms with E-state index in [-0.39, 0.29) is 58.8 Å².